The zero-order valence-corrected chi connectivity index (χ0v) is 16.0. The van der Waals surface area contributed by atoms with Crippen LogP contribution in [0.4, 0.5) is 0 Å². The molecule has 0 radical (unpaired) electrons. The van der Waals surface area contributed by atoms with Crippen molar-refractivity contribution in [2.24, 2.45) is 5.92 Å². The first-order valence-corrected chi connectivity index (χ1v) is 10.2. The average molecular weight is 357 g/mol. The number of hydrogen-bond acceptors (Lipinski definition) is 2. The third kappa shape index (κ3) is 4.46. The van der Waals surface area contributed by atoms with Gasteiger partial charge in [0.25, 0.3) is 0 Å². The van der Waals surface area contributed by atoms with Gasteiger partial charge in [-0.15, -0.1) is 0 Å². The highest BCUT2D eigenvalue weighted by Crippen LogP contribution is 2.40. The average Bonchev–Trinajstić information content (AvgIpc) is 3.20. The molecular formula is C22H32N2O2. The molecule has 0 atom stereocenters. The van der Waals surface area contributed by atoms with E-state index >= 15 is 0 Å². The fourth-order valence-corrected chi connectivity index (χ4v) is 4.77. The summed E-state index contributed by atoms with van der Waals surface area (Å²) in [5, 5.41) is 5.94. The van der Waals surface area contributed by atoms with Crippen LogP contribution < -0.4 is 10.6 Å². The summed E-state index contributed by atoms with van der Waals surface area (Å²) in [5.41, 5.74) is 2.71. The molecule has 26 heavy (non-hydrogen) atoms. The van der Waals surface area contributed by atoms with Gasteiger partial charge in [-0.25, -0.2) is 0 Å². The van der Waals surface area contributed by atoms with Crippen LogP contribution in [0.1, 0.15) is 68.9 Å². The van der Waals surface area contributed by atoms with Crippen LogP contribution in [0.25, 0.3) is 0 Å². The van der Waals surface area contributed by atoms with Crippen molar-refractivity contribution >= 4 is 11.8 Å². The zero-order valence-electron chi connectivity index (χ0n) is 16.0. The smallest absolute Gasteiger partial charge is 0.239 e. The van der Waals surface area contributed by atoms with Crippen molar-refractivity contribution in [1.29, 1.82) is 0 Å². The molecule has 0 bridgehead atoms. The van der Waals surface area contributed by atoms with E-state index in [9.17, 15) is 9.59 Å². The minimum Gasteiger partial charge on any atom is -0.354 e. The summed E-state index contributed by atoms with van der Waals surface area (Å²) in [6.07, 6.45) is 10.1. The summed E-state index contributed by atoms with van der Waals surface area (Å²) >= 11 is 0. The fraction of sp³-hybridized carbons (Fsp3) is 0.636. The van der Waals surface area contributed by atoms with Gasteiger partial charge in [-0.1, -0.05) is 56.4 Å². The molecule has 2 N–H and O–H groups in total. The number of nitrogens with one attached hydrogen (secondary N) is 2. The molecule has 2 saturated carbocycles. The minimum atomic E-state index is -0.0742. The van der Waals surface area contributed by atoms with Gasteiger partial charge in [0.15, 0.2) is 0 Å². The summed E-state index contributed by atoms with van der Waals surface area (Å²) in [6, 6.07) is 8.55. The lowest BCUT2D eigenvalue weighted by molar-refractivity contribution is -0.128. The largest absolute Gasteiger partial charge is 0.354 e. The van der Waals surface area contributed by atoms with Gasteiger partial charge in [-0.3, -0.25) is 9.59 Å². The second-order valence-electron chi connectivity index (χ2n) is 8.13. The summed E-state index contributed by atoms with van der Waals surface area (Å²) in [5.74, 6) is 0.0817. The predicted octanol–water partition coefficient (Wildman–Crippen LogP) is 3.62. The molecule has 0 saturated heterocycles. The van der Waals surface area contributed by atoms with E-state index in [4.69, 9.17) is 0 Å². The maximum absolute atomic E-state index is 12.3. The molecule has 4 heteroatoms. The van der Waals surface area contributed by atoms with E-state index in [0.29, 0.717) is 6.54 Å². The Hall–Kier alpha value is -1.84. The van der Waals surface area contributed by atoms with E-state index < -0.39 is 0 Å². The van der Waals surface area contributed by atoms with Crippen LogP contribution in [0, 0.1) is 12.8 Å². The molecule has 0 unspecified atom stereocenters. The van der Waals surface area contributed by atoms with Crippen molar-refractivity contribution in [2.45, 2.75) is 70.1 Å². The third-order valence-corrected chi connectivity index (χ3v) is 6.30. The number of carbonyl (C=O) groups excluding carboxylic acids is 2. The normalized spacial score (nSPS) is 19.9. The fourth-order valence-electron chi connectivity index (χ4n) is 4.77. The molecule has 2 aliphatic carbocycles. The maximum Gasteiger partial charge on any atom is 0.239 e. The van der Waals surface area contributed by atoms with Gasteiger partial charge in [0.2, 0.25) is 11.8 Å². The predicted molar refractivity (Wildman–Crippen MR) is 104 cm³/mol. The lowest BCUT2D eigenvalue weighted by atomic mass is 9.68. The van der Waals surface area contributed by atoms with Crippen molar-refractivity contribution in [2.75, 3.05) is 13.1 Å². The van der Waals surface area contributed by atoms with Crippen molar-refractivity contribution in [3.63, 3.8) is 0 Å². The number of rotatable bonds is 6. The van der Waals surface area contributed by atoms with Crippen molar-refractivity contribution in [3.8, 4) is 0 Å². The molecule has 142 valence electrons. The summed E-state index contributed by atoms with van der Waals surface area (Å²) in [6.45, 7) is 2.92. The molecule has 0 heterocycles. The standard InChI is InChI=1S/C22H32N2O2/c1-17-9-3-6-12-19(17)22(13-7-2-8-14-22)16-24-20(25)15-23-21(26)18-10-4-5-11-18/h3,6,9,12,18H,2,4-5,7-8,10-11,13-16H2,1H3,(H,23,26)(H,24,25). The minimum absolute atomic E-state index is 0.0364. The van der Waals surface area contributed by atoms with Crippen LogP contribution in [0.5, 0.6) is 0 Å². The molecule has 2 fully saturated rings. The van der Waals surface area contributed by atoms with Crippen LogP contribution in [0.15, 0.2) is 24.3 Å². The van der Waals surface area contributed by atoms with Gasteiger partial charge in [-0.2, -0.15) is 0 Å². The number of aryl methyl sites for hydroxylation is 1. The van der Waals surface area contributed by atoms with Gasteiger partial charge in [0, 0.05) is 17.9 Å². The molecular weight excluding hydrogens is 324 g/mol. The Labute approximate surface area is 157 Å². The van der Waals surface area contributed by atoms with E-state index in [1.807, 2.05) is 0 Å². The monoisotopic (exact) mass is 356 g/mol. The van der Waals surface area contributed by atoms with Crippen molar-refractivity contribution in [1.82, 2.24) is 10.6 Å². The number of carbonyl (C=O) groups is 2. The molecule has 3 rings (SSSR count). The summed E-state index contributed by atoms with van der Waals surface area (Å²) < 4.78 is 0. The van der Waals surface area contributed by atoms with Gasteiger partial charge >= 0.3 is 0 Å². The number of amides is 2. The summed E-state index contributed by atoms with van der Waals surface area (Å²) in [7, 11) is 0. The summed E-state index contributed by atoms with van der Waals surface area (Å²) in [4.78, 5) is 24.4. The quantitative estimate of drug-likeness (QED) is 0.818. The zero-order chi connectivity index (χ0) is 18.4. The second-order valence-corrected chi connectivity index (χ2v) is 8.13. The lowest BCUT2D eigenvalue weighted by Gasteiger charge is -2.39. The number of benzene rings is 1. The van der Waals surface area contributed by atoms with Crippen LogP contribution >= 0.6 is 0 Å². The van der Waals surface area contributed by atoms with Gasteiger partial charge in [-0.05, 0) is 43.7 Å². The topological polar surface area (TPSA) is 58.2 Å². The highest BCUT2D eigenvalue weighted by molar-refractivity contribution is 5.85. The third-order valence-electron chi connectivity index (χ3n) is 6.30. The second kappa shape index (κ2) is 8.70. The molecule has 0 aliphatic heterocycles. The van der Waals surface area contributed by atoms with Gasteiger partial charge in [0.05, 0.1) is 6.54 Å². The molecule has 4 nitrogen and oxygen atoms in total. The van der Waals surface area contributed by atoms with E-state index in [1.54, 1.807) is 0 Å². The SMILES string of the molecule is Cc1ccccc1C1(CNC(=O)CNC(=O)C2CCCC2)CCCCC1. The Bertz CT molecular complexity index is 629. The Balaban J connectivity index is 1.57. The van der Waals surface area contributed by atoms with Crippen LogP contribution in [0.3, 0.4) is 0 Å². The molecule has 0 aromatic heterocycles. The van der Waals surface area contributed by atoms with E-state index in [2.05, 4.69) is 41.8 Å². The van der Waals surface area contributed by atoms with Crippen LogP contribution in [-0.4, -0.2) is 24.9 Å². The molecule has 1 aromatic carbocycles. The van der Waals surface area contributed by atoms with Crippen molar-refractivity contribution < 1.29 is 9.59 Å². The highest BCUT2D eigenvalue weighted by Gasteiger charge is 2.35. The van der Waals surface area contributed by atoms with Crippen LogP contribution in [-0.2, 0) is 15.0 Å². The molecule has 2 aliphatic rings. The van der Waals surface area contributed by atoms with E-state index in [1.165, 1.54) is 30.4 Å². The Morgan fingerprint density at radius 2 is 1.69 bits per heavy atom. The molecule has 2 amide bonds. The first kappa shape index (κ1) is 18.9. The lowest BCUT2D eigenvalue weighted by Crippen LogP contribution is -2.46. The Kier molecular flexibility index (Phi) is 6.33. The first-order chi connectivity index (χ1) is 12.6. The molecule has 1 aromatic rings. The van der Waals surface area contributed by atoms with Crippen LogP contribution in [0.2, 0.25) is 0 Å². The number of hydrogen-bond donors (Lipinski definition) is 2. The van der Waals surface area contributed by atoms with E-state index in [0.717, 1.165) is 38.5 Å². The van der Waals surface area contributed by atoms with Gasteiger partial charge < -0.3 is 10.6 Å². The van der Waals surface area contributed by atoms with Gasteiger partial charge in [0.1, 0.15) is 0 Å². The molecule has 0 spiro atoms. The van der Waals surface area contributed by atoms with E-state index in [-0.39, 0.29) is 29.7 Å². The maximum atomic E-state index is 12.3. The highest BCUT2D eigenvalue weighted by atomic mass is 16.2. The first-order valence-electron chi connectivity index (χ1n) is 10.2. The Morgan fingerprint density at radius 3 is 2.38 bits per heavy atom. The Morgan fingerprint density at radius 1 is 1.00 bits per heavy atom. The van der Waals surface area contributed by atoms with Crippen molar-refractivity contribution in [3.05, 3.63) is 35.4 Å².